The van der Waals surface area contributed by atoms with E-state index >= 15 is 0 Å². The Morgan fingerprint density at radius 1 is 1.69 bits per heavy atom. The van der Waals surface area contributed by atoms with E-state index in [0.717, 1.165) is 12.0 Å². The summed E-state index contributed by atoms with van der Waals surface area (Å²) in [6, 6.07) is 1.80. The lowest BCUT2D eigenvalue weighted by Crippen LogP contribution is -2.23. The van der Waals surface area contributed by atoms with Crippen molar-refractivity contribution >= 4 is 5.78 Å². The molecule has 0 aliphatic rings. The number of hydrogen-bond acceptors (Lipinski definition) is 3. The fourth-order valence-electron chi connectivity index (χ4n) is 1.13. The van der Waals surface area contributed by atoms with E-state index in [9.17, 15) is 4.79 Å². The molecule has 0 bridgehead atoms. The van der Waals surface area contributed by atoms with Gasteiger partial charge in [0.05, 0.1) is 12.5 Å². The molecule has 0 aliphatic carbocycles. The van der Waals surface area contributed by atoms with Gasteiger partial charge < -0.3 is 10.2 Å². The SMILES string of the molecule is CCC(N)CC(=O)Cc1ccoc1. The lowest BCUT2D eigenvalue weighted by molar-refractivity contribution is -0.118. The van der Waals surface area contributed by atoms with Crippen LogP contribution in [0.15, 0.2) is 23.0 Å². The van der Waals surface area contributed by atoms with Crippen molar-refractivity contribution in [1.29, 1.82) is 0 Å². The van der Waals surface area contributed by atoms with E-state index in [1.807, 2.05) is 6.92 Å². The number of furan rings is 1. The average Bonchev–Trinajstić information content (AvgIpc) is 2.56. The Kier molecular flexibility index (Phi) is 3.71. The first-order valence-corrected chi connectivity index (χ1v) is 4.50. The van der Waals surface area contributed by atoms with Crippen LogP contribution in [0.4, 0.5) is 0 Å². The maximum atomic E-state index is 11.4. The molecule has 3 heteroatoms. The molecule has 2 N–H and O–H groups in total. The molecule has 1 aromatic heterocycles. The van der Waals surface area contributed by atoms with Crippen LogP contribution in [0.3, 0.4) is 0 Å². The van der Waals surface area contributed by atoms with Crippen molar-refractivity contribution < 1.29 is 9.21 Å². The minimum absolute atomic E-state index is 0.000555. The Bertz CT molecular complexity index is 254. The van der Waals surface area contributed by atoms with Gasteiger partial charge in [0.15, 0.2) is 0 Å². The second kappa shape index (κ2) is 4.82. The van der Waals surface area contributed by atoms with Gasteiger partial charge in [0, 0.05) is 18.9 Å². The summed E-state index contributed by atoms with van der Waals surface area (Å²) in [5, 5.41) is 0. The molecule has 0 saturated carbocycles. The van der Waals surface area contributed by atoms with E-state index in [4.69, 9.17) is 10.2 Å². The minimum Gasteiger partial charge on any atom is -0.472 e. The average molecular weight is 181 g/mol. The minimum atomic E-state index is -0.000555. The van der Waals surface area contributed by atoms with Gasteiger partial charge in [-0.1, -0.05) is 6.92 Å². The Balaban J connectivity index is 2.34. The quantitative estimate of drug-likeness (QED) is 0.749. The highest BCUT2D eigenvalue weighted by Gasteiger charge is 2.08. The predicted octanol–water partition coefficient (Wildman–Crippen LogP) is 1.52. The van der Waals surface area contributed by atoms with E-state index in [0.29, 0.717) is 12.8 Å². The van der Waals surface area contributed by atoms with Gasteiger partial charge in [-0.05, 0) is 18.1 Å². The third-order valence-corrected chi connectivity index (χ3v) is 2.00. The van der Waals surface area contributed by atoms with Gasteiger partial charge in [0.2, 0.25) is 0 Å². The molecule has 0 fully saturated rings. The van der Waals surface area contributed by atoms with Crippen molar-refractivity contribution in [2.75, 3.05) is 0 Å². The Hall–Kier alpha value is -1.09. The van der Waals surface area contributed by atoms with Crippen LogP contribution in [0.2, 0.25) is 0 Å². The molecule has 0 saturated heterocycles. The first kappa shape index (κ1) is 9.99. The van der Waals surface area contributed by atoms with Crippen LogP contribution in [-0.2, 0) is 11.2 Å². The number of carbonyl (C=O) groups is 1. The van der Waals surface area contributed by atoms with Crippen molar-refractivity contribution in [2.24, 2.45) is 5.73 Å². The summed E-state index contributed by atoms with van der Waals surface area (Å²) < 4.78 is 4.86. The number of ketones is 1. The smallest absolute Gasteiger partial charge is 0.138 e. The Labute approximate surface area is 77.9 Å². The summed E-state index contributed by atoms with van der Waals surface area (Å²) in [6.07, 6.45) is 4.90. The number of Topliss-reactive ketones (excluding diaryl/α,β-unsaturated/α-hetero) is 1. The van der Waals surface area contributed by atoms with Crippen molar-refractivity contribution in [2.45, 2.75) is 32.2 Å². The second-order valence-corrected chi connectivity index (χ2v) is 3.22. The predicted molar refractivity (Wildman–Crippen MR) is 50.3 cm³/mol. The number of rotatable bonds is 5. The van der Waals surface area contributed by atoms with Gasteiger partial charge >= 0.3 is 0 Å². The van der Waals surface area contributed by atoms with Gasteiger partial charge in [0.1, 0.15) is 5.78 Å². The molecule has 3 nitrogen and oxygen atoms in total. The topological polar surface area (TPSA) is 56.2 Å². The number of carbonyl (C=O) groups excluding carboxylic acids is 1. The number of hydrogen-bond donors (Lipinski definition) is 1. The van der Waals surface area contributed by atoms with Crippen molar-refractivity contribution in [3.05, 3.63) is 24.2 Å². The monoisotopic (exact) mass is 181 g/mol. The number of nitrogens with two attached hydrogens (primary N) is 1. The van der Waals surface area contributed by atoms with E-state index < -0.39 is 0 Å². The highest BCUT2D eigenvalue weighted by Crippen LogP contribution is 2.04. The van der Waals surface area contributed by atoms with E-state index in [1.165, 1.54) is 0 Å². The van der Waals surface area contributed by atoms with Gasteiger partial charge in [0.25, 0.3) is 0 Å². The van der Waals surface area contributed by atoms with E-state index in [-0.39, 0.29) is 11.8 Å². The normalized spacial score (nSPS) is 12.8. The molecule has 72 valence electrons. The summed E-state index contributed by atoms with van der Waals surface area (Å²) in [5.41, 5.74) is 6.58. The first-order valence-electron chi connectivity index (χ1n) is 4.50. The fraction of sp³-hybridized carbons (Fsp3) is 0.500. The molecule has 1 rings (SSSR count). The molecule has 1 unspecified atom stereocenters. The highest BCUT2D eigenvalue weighted by molar-refractivity contribution is 5.81. The summed E-state index contributed by atoms with van der Waals surface area (Å²) in [6.45, 7) is 1.98. The van der Waals surface area contributed by atoms with E-state index in [1.54, 1.807) is 18.6 Å². The van der Waals surface area contributed by atoms with E-state index in [2.05, 4.69) is 0 Å². The molecule has 1 atom stereocenters. The summed E-state index contributed by atoms with van der Waals surface area (Å²) >= 11 is 0. The Morgan fingerprint density at radius 3 is 3.00 bits per heavy atom. The largest absolute Gasteiger partial charge is 0.472 e. The molecule has 0 amide bonds. The summed E-state index contributed by atoms with van der Waals surface area (Å²) in [4.78, 5) is 11.4. The molecule has 0 radical (unpaired) electrons. The third kappa shape index (κ3) is 3.42. The fourth-order valence-corrected chi connectivity index (χ4v) is 1.13. The van der Waals surface area contributed by atoms with Crippen LogP contribution in [0, 0.1) is 0 Å². The first-order chi connectivity index (χ1) is 6.22. The lowest BCUT2D eigenvalue weighted by Gasteiger charge is -2.05. The van der Waals surface area contributed by atoms with Crippen molar-refractivity contribution in [1.82, 2.24) is 0 Å². The molecule has 0 aromatic carbocycles. The third-order valence-electron chi connectivity index (χ3n) is 2.00. The molecule has 0 spiro atoms. The maximum absolute atomic E-state index is 11.4. The van der Waals surface area contributed by atoms with Gasteiger partial charge in [-0.2, -0.15) is 0 Å². The Morgan fingerprint density at radius 2 is 2.46 bits per heavy atom. The zero-order valence-corrected chi connectivity index (χ0v) is 7.82. The molecule has 0 aliphatic heterocycles. The highest BCUT2D eigenvalue weighted by atomic mass is 16.3. The molecule has 1 aromatic rings. The molecule has 13 heavy (non-hydrogen) atoms. The van der Waals surface area contributed by atoms with Gasteiger partial charge in [-0.15, -0.1) is 0 Å². The zero-order valence-electron chi connectivity index (χ0n) is 7.82. The summed E-state index contributed by atoms with van der Waals surface area (Å²) in [7, 11) is 0. The van der Waals surface area contributed by atoms with Crippen LogP contribution >= 0.6 is 0 Å². The van der Waals surface area contributed by atoms with Crippen molar-refractivity contribution in [3.8, 4) is 0 Å². The van der Waals surface area contributed by atoms with Crippen LogP contribution in [0.25, 0.3) is 0 Å². The van der Waals surface area contributed by atoms with Gasteiger partial charge in [-0.3, -0.25) is 4.79 Å². The zero-order chi connectivity index (χ0) is 9.68. The van der Waals surface area contributed by atoms with Crippen molar-refractivity contribution in [3.63, 3.8) is 0 Å². The summed E-state index contributed by atoms with van der Waals surface area (Å²) in [5.74, 6) is 0.177. The maximum Gasteiger partial charge on any atom is 0.138 e. The van der Waals surface area contributed by atoms with Crippen LogP contribution in [0.5, 0.6) is 0 Å². The molecule has 1 heterocycles. The van der Waals surface area contributed by atoms with Crippen LogP contribution in [-0.4, -0.2) is 11.8 Å². The van der Waals surface area contributed by atoms with Crippen LogP contribution < -0.4 is 5.73 Å². The van der Waals surface area contributed by atoms with Crippen LogP contribution in [0.1, 0.15) is 25.3 Å². The molecular formula is C10H15NO2. The lowest BCUT2D eigenvalue weighted by atomic mass is 10.0. The standard InChI is InChI=1S/C10H15NO2/c1-2-9(11)6-10(12)5-8-3-4-13-7-8/h3-4,7,9H,2,5-6,11H2,1H3. The van der Waals surface area contributed by atoms with Gasteiger partial charge in [-0.25, -0.2) is 0 Å². The second-order valence-electron chi connectivity index (χ2n) is 3.22. The molecular weight excluding hydrogens is 166 g/mol.